The van der Waals surface area contributed by atoms with Crippen LogP contribution >= 0.6 is 0 Å². The SMILES string of the molecule is COc1cc(C#N)ccc1S(=O)(=O)N[C@H](c1n[nH]c(=O)o1)[C@H](C)c1c(F)ccc(C)c1C. The summed E-state index contributed by atoms with van der Waals surface area (Å²) >= 11 is 0. The number of hydrogen-bond donors (Lipinski definition) is 2. The van der Waals surface area contributed by atoms with Crippen molar-refractivity contribution in [3.8, 4) is 11.8 Å². The highest BCUT2D eigenvalue weighted by Gasteiger charge is 2.34. The Morgan fingerprint density at radius 3 is 2.59 bits per heavy atom. The first-order valence-electron chi connectivity index (χ1n) is 9.50. The molecule has 0 saturated heterocycles. The minimum absolute atomic E-state index is 0.0515. The van der Waals surface area contributed by atoms with Gasteiger partial charge in [-0.3, -0.25) is 0 Å². The number of hydrogen-bond acceptors (Lipinski definition) is 7. The Balaban J connectivity index is 2.12. The molecule has 32 heavy (non-hydrogen) atoms. The number of nitrogens with one attached hydrogen (secondary N) is 2. The normalized spacial score (nSPS) is 13.4. The van der Waals surface area contributed by atoms with E-state index in [1.807, 2.05) is 6.07 Å². The Morgan fingerprint density at radius 2 is 2.00 bits per heavy atom. The molecule has 1 aromatic heterocycles. The summed E-state index contributed by atoms with van der Waals surface area (Å²) in [5.74, 6) is -2.52. The lowest BCUT2D eigenvalue weighted by Gasteiger charge is -2.25. The summed E-state index contributed by atoms with van der Waals surface area (Å²) in [6.07, 6.45) is 0. The Hall–Kier alpha value is -3.49. The van der Waals surface area contributed by atoms with Gasteiger partial charge in [0.25, 0.3) is 0 Å². The van der Waals surface area contributed by atoms with Crippen LogP contribution in [0, 0.1) is 31.0 Å². The number of methoxy groups -OCH3 is 1. The van der Waals surface area contributed by atoms with Crippen molar-refractivity contribution in [1.29, 1.82) is 5.26 Å². The molecule has 3 aromatic rings. The molecule has 0 radical (unpaired) electrons. The molecule has 0 amide bonds. The van der Waals surface area contributed by atoms with Crippen LogP contribution in [0.3, 0.4) is 0 Å². The zero-order valence-electron chi connectivity index (χ0n) is 17.8. The fourth-order valence-electron chi connectivity index (χ4n) is 3.46. The first kappa shape index (κ1) is 23.2. The van der Waals surface area contributed by atoms with Gasteiger partial charge in [-0.2, -0.15) is 9.98 Å². The summed E-state index contributed by atoms with van der Waals surface area (Å²) in [7, 11) is -3.01. The van der Waals surface area contributed by atoms with Crippen molar-refractivity contribution in [1.82, 2.24) is 14.9 Å². The molecule has 2 atom stereocenters. The number of H-pyrrole nitrogens is 1. The number of aromatic nitrogens is 2. The zero-order chi connectivity index (χ0) is 23.6. The van der Waals surface area contributed by atoms with Gasteiger partial charge in [0, 0.05) is 5.92 Å². The second-order valence-corrected chi connectivity index (χ2v) is 8.90. The molecule has 0 fully saturated rings. The summed E-state index contributed by atoms with van der Waals surface area (Å²) in [4.78, 5) is 11.3. The smallest absolute Gasteiger partial charge is 0.434 e. The second kappa shape index (κ2) is 8.94. The molecule has 0 aliphatic rings. The predicted molar refractivity (Wildman–Crippen MR) is 112 cm³/mol. The summed E-state index contributed by atoms with van der Waals surface area (Å²) < 4.78 is 53.9. The van der Waals surface area contributed by atoms with Crippen molar-refractivity contribution in [2.75, 3.05) is 7.11 Å². The van der Waals surface area contributed by atoms with Crippen LogP contribution in [0.5, 0.6) is 5.75 Å². The Morgan fingerprint density at radius 1 is 1.28 bits per heavy atom. The Bertz CT molecular complexity index is 1360. The van der Waals surface area contributed by atoms with Gasteiger partial charge < -0.3 is 9.15 Å². The average molecular weight is 460 g/mol. The average Bonchev–Trinajstić information content (AvgIpc) is 3.20. The van der Waals surface area contributed by atoms with Crippen LogP contribution in [-0.2, 0) is 10.0 Å². The third-order valence-corrected chi connectivity index (χ3v) is 6.75. The molecular weight excluding hydrogens is 439 g/mol. The summed E-state index contributed by atoms with van der Waals surface area (Å²) in [5.41, 5.74) is 1.92. The van der Waals surface area contributed by atoms with Crippen molar-refractivity contribution in [3.05, 3.63) is 74.8 Å². The molecule has 0 spiro atoms. The molecule has 3 rings (SSSR count). The molecule has 1 heterocycles. The number of halogens is 1. The fourth-order valence-corrected chi connectivity index (χ4v) is 4.88. The van der Waals surface area contributed by atoms with Gasteiger partial charge in [-0.15, -0.1) is 5.10 Å². The molecule has 2 N–H and O–H groups in total. The lowest BCUT2D eigenvalue weighted by molar-refractivity contribution is 0.374. The quantitative estimate of drug-likeness (QED) is 0.553. The molecule has 0 aliphatic carbocycles. The Labute approximate surface area is 183 Å². The number of rotatable bonds is 7. The highest BCUT2D eigenvalue weighted by atomic mass is 32.2. The third kappa shape index (κ3) is 4.42. The predicted octanol–water partition coefficient (Wildman–Crippen LogP) is 2.82. The van der Waals surface area contributed by atoms with E-state index >= 15 is 0 Å². The highest BCUT2D eigenvalue weighted by molar-refractivity contribution is 7.89. The van der Waals surface area contributed by atoms with Crippen LogP contribution in [0.4, 0.5) is 4.39 Å². The van der Waals surface area contributed by atoms with Crippen LogP contribution < -0.4 is 15.2 Å². The van der Waals surface area contributed by atoms with E-state index < -0.39 is 33.6 Å². The number of benzene rings is 2. The van der Waals surface area contributed by atoms with Gasteiger partial charge in [-0.05, 0) is 54.8 Å². The molecule has 168 valence electrons. The van der Waals surface area contributed by atoms with Gasteiger partial charge in [0.05, 0.1) is 18.7 Å². The lowest BCUT2D eigenvalue weighted by Crippen LogP contribution is -2.33. The van der Waals surface area contributed by atoms with Crippen molar-refractivity contribution >= 4 is 10.0 Å². The monoisotopic (exact) mass is 460 g/mol. The van der Waals surface area contributed by atoms with Crippen molar-refractivity contribution in [3.63, 3.8) is 0 Å². The van der Waals surface area contributed by atoms with Gasteiger partial charge in [-0.1, -0.05) is 13.0 Å². The maximum absolute atomic E-state index is 14.8. The molecule has 0 aliphatic heterocycles. The first-order valence-corrected chi connectivity index (χ1v) is 11.0. The third-order valence-electron chi connectivity index (χ3n) is 5.27. The summed E-state index contributed by atoms with van der Waals surface area (Å²) in [6, 6.07) is 7.43. The molecule has 11 heteroatoms. The fraction of sp³-hybridized carbons (Fsp3) is 0.286. The van der Waals surface area contributed by atoms with Crippen LogP contribution in [0.25, 0.3) is 0 Å². The maximum Gasteiger partial charge on any atom is 0.434 e. The molecule has 9 nitrogen and oxygen atoms in total. The van der Waals surface area contributed by atoms with Crippen molar-refractivity contribution < 1.29 is 22.0 Å². The van der Waals surface area contributed by atoms with Gasteiger partial charge in [0.15, 0.2) is 0 Å². The molecule has 0 saturated carbocycles. The van der Waals surface area contributed by atoms with Gasteiger partial charge >= 0.3 is 5.76 Å². The van der Waals surface area contributed by atoms with E-state index in [1.54, 1.807) is 26.8 Å². The largest absolute Gasteiger partial charge is 0.495 e. The summed E-state index contributed by atoms with van der Waals surface area (Å²) in [5, 5.41) is 14.9. The minimum atomic E-state index is -4.28. The molecule has 2 aromatic carbocycles. The second-order valence-electron chi connectivity index (χ2n) is 7.22. The lowest BCUT2D eigenvalue weighted by atomic mass is 9.88. The number of aromatic amines is 1. The Kier molecular flexibility index (Phi) is 6.47. The number of nitriles is 1. The van der Waals surface area contributed by atoms with E-state index in [9.17, 15) is 17.6 Å². The standard InChI is InChI=1S/C21H21FN4O5S/c1-11-5-7-15(22)18(12(11)2)13(3)19(20-24-25-21(27)31-20)26-32(28,29)17-8-6-14(10-23)9-16(17)30-4/h5-9,13,19,26H,1-4H3,(H,25,27)/t13-,19+/m1/s1. The number of ether oxygens (including phenoxy) is 1. The van der Waals surface area contributed by atoms with Gasteiger partial charge in [-0.25, -0.2) is 22.7 Å². The van der Waals surface area contributed by atoms with Crippen LogP contribution in [0.15, 0.2) is 44.4 Å². The van der Waals surface area contributed by atoms with E-state index in [0.717, 1.165) is 5.56 Å². The van der Waals surface area contributed by atoms with Crippen LogP contribution in [-0.4, -0.2) is 25.7 Å². The summed E-state index contributed by atoms with van der Waals surface area (Å²) in [6.45, 7) is 5.13. The van der Waals surface area contributed by atoms with E-state index in [4.69, 9.17) is 14.4 Å². The number of sulfonamides is 1. The van der Waals surface area contributed by atoms with Crippen molar-refractivity contribution in [2.45, 2.75) is 37.6 Å². The number of nitrogens with zero attached hydrogens (tertiary/aromatic N) is 2. The van der Waals surface area contributed by atoms with E-state index in [2.05, 4.69) is 14.9 Å². The topological polar surface area (TPSA) is 138 Å². The van der Waals surface area contributed by atoms with Gasteiger partial charge in [0.1, 0.15) is 22.5 Å². The maximum atomic E-state index is 14.8. The van der Waals surface area contributed by atoms with Crippen molar-refractivity contribution in [2.24, 2.45) is 0 Å². The first-order chi connectivity index (χ1) is 15.1. The molecule has 0 bridgehead atoms. The van der Waals surface area contributed by atoms with Crippen LogP contribution in [0.2, 0.25) is 0 Å². The van der Waals surface area contributed by atoms with E-state index in [-0.39, 0.29) is 27.7 Å². The zero-order valence-corrected chi connectivity index (χ0v) is 18.6. The highest BCUT2D eigenvalue weighted by Crippen LogP contribution is 2.36. The minimum Gasteiger partial charge on any atom is -0.495 e. The van der Waals surface area contributed by atoms with E-state index in [0.29, 0.717) is 5.56 Å². The van der Waals surface area contributed by atoms with Gasteiger partial charge in [0.2, 0.25) is 15.9 Å². The van der Waals surface area contributed by atoms with Crippen LogP contribution in [0.1, 0.15) is 47.0 Å². The number of aryl methyl sites for hydroxylation is 1. The molecule has 0 unspecified atom stereocenters. The molecular formula is C21H21FN4O5S. The van der Waals surface area contributed by atoms with E-state index in [1.165, 1.54) is 31.4 Å².